The SMILES string of the molecule is CCCCOCCCNC(=O)N1CCCC1c1cccc(OC)c1. The molecule has 1 unspecified atom stereocenters. The molecule has 2 amide bonds. The van der Waals surface area contributed by atoms with Gasteiger partial charge in [0.25, 0.3) is 0 Å². The number of urea groups is 1. The van der Waals surface area contributed by atoms with Gasteiger partial charge in [-0.15, -0.1) is 0 Å². The molecule has 0 saturated carbocycles. The monoisotopic (exact) mass is 334 g/mol. The van der Waals surface area contributed by atoms with Crippen LogP contribution in [0.4, 0.5) is 4.79 Å². The molecule has 0 aromatic heterocycles. The summed E-state index contributed by atoms with van der Waals surface area (Å²) in [7, 11) is 1.67. The first-order valence-electron chi connectivity index (χ1n) is 9.02. The van der Waals surface area contributed by atoms with Crippen molar-refractivity contribution in [2.45, 2.75) is 45.1 Å². The zero-order valence-corrected chi connectivity index (χ0v) is 14.9. The Morgan fingerprint density at radius 2 is 2.17 bits per heavy atom. The van der Waals surface area contributed by atoms with Crippen molar-refractivity contribution in [3.8, 4) is 5.75 Å². The lowest BCUT2D eigenvalue weighted by molar-refractivity contribution is 0.128. The topological polar surface area (TPSA) is 50.8 Å². The standard InChI is InChI=1S/C19H30N2O3/c1-3-4-13-24-14-7-11-20-19(22)21-12-6-10-18(21)16-8-5-9-17(15-16)23-2/h5,8-9,15,18H,3-4,6-7,10-14H2,1-2H3,(H,20,22). The molecule has 5 heteroatoms. The van der Waals surface area contributed by atoms with Crippen LogP contribution in [0.15, 0.2) is 24.3 Å². The van der Waals surface area contributed by atoms with Gasteiger partial charge in [0.2, 0.25) is 0 Å². The average Bonchev–Trinajstić information content (AvgIpc) is 3.10. The number of amides is 2. The molecule has 1 aliphatic heterocycles. The predicted molar refractivity (Wildman–Crippen MR) is 95.4 cm³/mol. The number of benzene rings is 1. The number of carbonyl (C=O) groups is 1. The number of nitrogens with one attached hydrogen (secondary N) is 1. The van der Waals surface area contributed by atoms with Crippen LogP contribution in [0.5, 0.6) is 5.75 Å². The number of nitrogens with zero attached hydrogens (tertiary/aromatic N) is 1. The van der Waals surface area contributed by atoms with E-state index in [0.717, 1.165) is 56.6 Å². The molecule has 0 spiro atoms. The molecule has 1 heterocycles. The first-order chi connectivity index (χ1) is 11.8. The highest BCUT2D eigenvalue weighted by Crippen LogP contribution is 2.33. The van der Waals surface area contributed by atoms with Gasteiger partial charge in [0.1, 0.15) is 5.75 Å². The van der Waals surface area contributed by atoms with E-state index in [4.69, 9.17) is 9.47 Å². The summed E-state index contributed by atoms with van der Waals surface area (Å²) in [5.74, 6) is 0.837. The minimum absolute atomic E-state index is 0.0221. The molecule has 5 nitrogen and oxygen atoms in total. The van der Waals surface area contributed by atoms with Crippen LogP contribution in [0.2, 0.25) is 0 Å². The Bertz CT molecular complexity index is 507. The Morgan fingerprint density at radius 1 is 1.33 bits per heavy atom. The third-order valence-electron chi connectivity index (χ3n) is 4.38. The van der Waals surface area contributed by atoms with Crippen LogP contribution in [0, 0.1) is 0 Å². The summed E-state index contributed by atoms with van der Waals surface area (Å²) in [5, 5.41) is 3.02. The largest absolute Gasteiger partial charge is 0.497 e. The number of rotatable bonds is 9. The zero-order chi connectivity index (χ0) is 17.2. The van der Waals surface area contributed by atoms with Crippen molar-refractivity contribution in [1.29, 1.82) is 0 Å². The van der Waals surface area contributed by atoms with Crippen LogP contribution in [0.25, 0.3) is 0 Å². The highest BCUT2D eigenvalue weighted by Gasteiger charge is 2.29. The molecule has 1 aliphatic rings. The summed E-state index contributed by atoms with van der Waals surface area (Å²) in [6.07, 6.45) is 5.14. The fourth-order valence-corrected chi connectivity index (χ4v) is 3.02. The lowest BCUT2D eigenvalue weighted by atomic mass is 10.0. The highest BCUT2D eigenvalue weighted by atomic mass is 16.5. The van der Waals surface area contributed by atoms with Crippen LogP contribution < -0.4 is 10.1 Å². The minimum Gasteiger partial charge on any atom is -0.497 e. The molecule has 1 saturated heterocycles. The van der Waals surface area contributed by atoms with Gasteiger partial charge in [-0.2, -0.15) is 0 Å². The van der Waals surface area contributed by atoms with E-state index in [1.807, 2.05) is 23.1 Å². The number of methoxy groups -OCH3 is 1. The van der Waals surface area contributed by atoms with Crippen molar-refractivity contribution in [3.05, 3.63) is 29.8 Å². The van der Waals surface area contributed by atoms with Crippen molar-refractivity contribution in [2.24, 2.45) is 0 Å². The van der Waals surface area contributed by atoms with Gasteiger partial charge in [-0.25, -0.2) is 4.79 Å². The van der Waals surface area contributed by atoms with Gasteiger partial charge >= 0.3 is 6.03 Å². The summed E-state index contributed by atoms with van der Waals surface area (Å²) in [6.45, 7) is 5.14. The Hall–Kier alpha value is -1.75. The molecule has 1 atom stereocenters. The number of likely N-dealkylation sites (tertiary alicyclic amines) is 1. The molecule has 1 aromatic rings. The fraction of sp³-hybridized carbons (Fsp3) is 0.632. The van der Waals surface area contributed by atoms with Gasteiger partial charge in [-0.1, -0.05) is 25.5 Å². The second kappa shape index (κ2) is 10.2. The Labute approximate surface area is 145 Å². The maximum absolute atomic E-state index is 12.5. The van der Waals surface area contributed by atoms with Crippen LogP contribution in [-0.2, 0) is 4.74 Å². The number of hydrogen-bond donors (Lipinski definition) is 1. The molecule has 0 radical (unpaired) electrons. The van der Waals surface area contributed by atoms with Gasteiger partial charge in [-0.05, 0) is 43.4 Å². The predicted octanol–water partition coefficient (Wildman–Crippen LogP) is 3.75. The third kappa shape index (κ3) is 5.41. The second-order valence-electron chi connectivity index (χ2n) is 6.18. The van der Waals surface area contributed by atoms with Crippen molar-refractivity contribution in [2.75, 3.05) is 33.4 Å². The Balaban J connectivity index is 1.78. The van der Waals surface area contributed by atoms with Gasteiger partial charge in [0.05, 0.1) is 13.2 Å². The lowest BCUT2D eigenvalue weighted by Crippen LogP contribution is -2.40. The van der Waals surface area contributed by atoms with Crippen molar-refractivity contribution in [3.63, 3.8) is 0 Å². The van der Waals surface area contributed by atoms with E-state index >= 15 is 0 Å². The van der Waals surface area contributed by atoms with E-state index in [0.29, 0.717) is 13.2 Å². The van der Waals surface area contributed by atoms with Crippen molar-refractivity contribution >= 4 is 6.03 Å². The van der Waals surface area contributed by atoms with E-state index < -0.39 is 0 Å². The van der Waals surface area contributed by atoms with Crippen LogP contribution in [0.1, 0.15) is 50.6 Å². The quantitative estimate of drug-likeness (QED) is 0.700. The van der Waals surface area contributed by atoms with E-state index in [2.05, 4.69) is 18.3 Å². The molecule has 2 rings (SSSR count). The van der Waals surface area contributed by atoms with E-state index in [-0.39, 0.29) is 12.1 Å². The highest BCUT2D eigenvalue weighted by molar-refractivity contribution is 5.75. The van der Waals surface area contributed by atoms with E-state index in [9.17, 15) is 4.79 Å². The van der Waals surface area contributed by atoms with Crippen LogP contribution in [-0.4, -0.2) is 44.3 Å². The molecule has 1 N–H and O–H groups in total. The maximum atomic E-state index is 12.5. The molecule has 0 aliphatic carbocycles. The Kier molecular flexibility index (Phi) is 7.89. The second-order valence-corrected chi connectivity index (χ2v) is 6.18. The molecular formula is C19H30N2O3. The smallest absolute Gasteiger partial charge is 0.317 e. The summed E-state index contributed by atoms with van der Waals surface area (Å²) >= 11 is 0. The average molecular weight is 334 g/mol. The first-order valence-corrected chi connectivity index (χ1v) is 9.02. The normalized spacial score (nSPS) is 17.1. The molecular weight excluding hydrogens is 304 g/mol. The molecule has 1 fully saturated rings. The summed E-state index contributed by atoms with van der Waals surface area (Å²) < 4.78 is 10.8. The number of unbranched alkanes of at least 4 members (excludes halogenated alkanes) is 1. The van der Waals surface area contributed by atoms with Gasteiger partial charge in [-0.3, -0.25) is 0 Å². The lowest BCUT2D eigenvalue weighted by Gasteiger charge is -2.25. The molecule has 24 heavy (non-hydrogen) atoms. The maximum Gasteiger partial charge on any atom is 0.317 e. The van der Waals surface area contributed by atoms with Crippen LogP contribution in [0.3, 0.4) is 0 Å². The third-order valence-corrected chi connectivity index (χ3v) is 4.38. The molecule has 134 valence electrons. The minimum atomic E-state index is 0.0221. The van der Waals surface area contributed by atoms with Crippen molar-refractivity contribution in [1.82, 2.24) is 10.2 Å². The van der Waals surface area contributed by atoms with E-state index in [1.165, 1.54) is 0 Å². The molecule has 0 bridgehead atoms. The van der Waals surface area contributed by atoms with E-state index in [1.54, 1.807) is 7.11 Å². The Morgan fingerprint density at radius 3 is 2.96 bits per heavy atom. The first kappa shape index (κ1) is 18.6. The van der Waals surface area contributed by atoms with Gasteiger partial charge in [0, 0.05) is 26.3 Å². The summed E-state index contributed by atoms with van der Waals surface area (Å²) in [5.41, 5.74) is 1.14. The number of carbonyl (C=O) groups excluding carboxylic acids is 1. The molecule has 1 aromatic carbocycles. The number of ether oxygens (including phenoxy) is 2. The zero-order valence-electron chi connectivity index (χ0n) is 14.9. The van der Waals surface area contributed by atoms with Gasteiger partial charge < -0.3 is 19.7 Å². The van der Waals surface area contributed by atoms with Gasteiger partial charge in [0.15, 0.2) is 0 Å². The fourth-order valence-electron chi connectivity index (χ4n) is 3.02. The summed E-state index contributed by atoms with van der Waals surface area (Å²) in [6, 6.07) is 8.17. The van der Waals surface area contributed by atoms with Crippen molar-refractivity contribution < 1.29 is 14.3 Å². The van der Waals surface area contributed by atoms with Crippen LogP contribution >= 0.6 is 0 Å². The summed E-state index contributed by atoms with van der Waals surface area (Å²) in [4.78, 5) is 14.4. The number of hydrogen-bond acceptors (Lipinski definition) is 3.